The molecular weight excluding hydrogens is 254 g/mol. The molecular formula is C16H25NO3. The van der Waals surface area contributed by atoms with Gasteiger partial charge in [-0.2, -0.15) is 0 Å². The van der Waals surface area contributed by atoms with E-state index in [2.05, 4.69) is 11.9 Å². The molecule has 112 valence electrons. The van der Waals surface area contributed by atoms with Crippen LogP contribution in [0.5, 0.6) is 11.5 Å². The number of benzene rings is 1. The van der Waals surface area contributed by atoms with Gasteiger partial charge in [0.05, 0.1) is 13.7 Å². The van der Waals surface area contributed by atoms with E-state index in [1.165, 1.54) is 0 Å². The van der Waals surface area contributed by atoms with E-state index in [0.29, 0.717) is 12.5 Å². The molecule has 1 unspecified atom stereocenters. The van der Waals surface area contributed by atoms with Crippen molar-refractivity contribution >= 4 is 0 Å². The van der Waals surface area contributed by atoms with Crippen LogP contribution < -0.4 is 9.47 Å². The van der Waals surface area contributed by atoms with Crippen molar-refractivity contribution in [3.8, 4) is 11.5 Å². The van der Waals surface area contributed by atoms with Gasteiger partial charge in [-0.15, -0.1) is 0 Å². The molecule has 0 amide bonds. The first-order valence-corrected chi connectivity index (χ1v) is 7.29. The predicted molar refractivity (Wildman–Crippen MR) is 79.3 cm³/mol. The van der Waals surface area contributed by atoms with Gasteiger partial charge in [-0.3, -0.25) is 0 Å². The van der Waals surface area contributed by atoms with Crippen LogP contribution in [0.15, 0.2) is 24.3 Å². The van der Waals surface area contributed by atoms with Crippen molar-refractivity contribution < 1.29 is 14.6 Å². The van der Waals surface area contributed by atoms with Crippen molar-refractivity contribution in [3.63, 3.8) is 0 Å². The van der Waals surface area contributed by atoms with E-state index in [1.54, 1.807) is 7.11 Å². The van der Waals surface area contributed by atoms with Crippen molar-refractivity contribution in [1.29, 1.82) is 0 Å². The maximum atomic E-state index is 9.62. The highest BCUT2D eigenvalue weighted by molar-refractivity contribution is 5.39. The van der Waals surface area contributed by atoms with Crippen LogP contribution in [0.1, 0.15) is 12.8 Å². The van der Waals surface area contributed by atoms with E-state index in [-0.39, 0.29) is 12.5 Å². The molecule has 4 heteroatoms. The van der Waals surface area contributed by atoms with E-state index in [9.17, 15) is 5.11 Å². The monoisotopic (exact) mass is 279 g/mol. The van der Waals surface area contributed by atoms with E-state index in [0.717, 1.165) is 37.4 Å². The fourth-order valence-electron chi connectivity index (χ4n) is 2.77. The molecule has 2 rings (SSSR count). The summed E-state index contributed by atoms with van der Waals surface area (Å²) in [6, 6.07) is 7.65. The van der Waals surface area contributed by atoms with E-state index in [4.69, 9.17) is 9.47 Å². The van der Waals surface area contributed by atoms with Crippen molar-refractivity contribution in [1.82, 2.24) is 4.90 Å². The highest BCUT2D eigenvalue weighted by atomic mass is 16.5. The molecule has 4 nitrogen and oxygen atoms in total. The molecule has 1 heterocycles. The third kappa shape index (κ3) is 3.87. The summed E-state index contributed by atoms with van der Waals surface area (Å²) >= 11 is 0. The molecule has 1 aliphatic heterocycles. The molecule has 1 aliphatic rings. The zero-order valence-corrected chi connectivity index (χ0v) is 12.4. The van der Waals surface area contributed by atoms with Gasteiger partial charge in [0.15, 0.2) is 11.5 Å². The summed E-state index contributed by atoms with van der Waals surface area (Å²) < 4.78 is 11.1. The van der Waals surface area contributed by atoms with Crippen molar-refractivity contribution in [3.05, 3.63) is 24.3 Å². The summed E-state index contributed by atoms with van der Waals surface area (Å²) in [7, 11) is 3.79. The fourth-order valence-corrected chi connectivity index (χ4v) is 2.77. The first kappa shape index (κ1) is 15.1. The Morgan fingerprint density at radius 1 is 1.25 bits per heavy atom. The van der Waals surface area contributed by atoms with Crippen LogP contribution in [-0.2, 0) is 0 Å². The topological polar surface area (TPSA) is 41.9 Å². The molecule has 1 saturated heterocycles. The lowest BCUT2D eigenvalue weighted by Gasteiger charge is -2.33. The van der Waals surface area contributed by atoms with Crippen molar-refractivity contribution in [2.75, 3.05) is 40.5 Å². The Labute approximate surface area is 121 Å². The standard InChI is InChI=1S/C16H25NO3/c1-17-9-7-13(8-10-17)14(11-18)12-20-16-6-4-3-5-15(16)19-2/h3-6,13-14,18H,7-12H2,1-2H3. The zero-order valence-electron chi connectivity index (χ0n) is 12.4. The molecule has 1 aromatic carbocycles. The van der Waals surface area contributed by atoms with Crippen LogP contribution in [-0.4, -0.2) is 50.5 Å². The van der Waals surface area contributed by atoms with Gasteiger partial charge in [-0.1, -0.05) is 12.1 Å². The molecule has 20 heavy (non-hydrogen) atoms. The number of hydrogen-bond donors (Lipinski definition) is 1. The van der Waals surface area contributed by atoms with Gasteiger partial charge >= 0.3 is 0 Å². The quantitative estimate of drug-likeness (QED) is 0.865. The number of ether oxygens (including phenoxy) is 2. The van der Waals surface area contributed by atoms with Gasteiger partial charge in [-0.05, 0) is 51.0 Å². The van der Waals surface area contributed by atoms with E-state index < -0.39 is 0 Å². The summed E-state index contributed by atoms with van der Waals surface area (Å²) in [4.78, 5) is 2.34. The summed E-state index contributed by atoms with van der Waals surface area (Å²) in [5, 5.41) is 9.62. The van der Waals surface area contributed by atoms with Gasteiger partial charge < -0.3 is 19.5 Å². The highest BCUT2D eigenvalue weighted by Crippen LogP contribution is 2.29. The van der Waals surface area contributed by atoms with Crippen molar-refractivity contribution in [2.45, 2.75) is 12.8 Å². The summed E-state index contributed by atoms with van der Waals surface area (Å²) in [6.07, 6.45) is 2.27. The average Bonchev–Trinajstić information content (AvgIpc) is 2.50. The third-order valence-electron chi connectivity index (χ3n) is 4.19. The van der Waals surface area contributed by atoms with Gasteiger partial charge in [0.1, 0.15) is 0 Å². The molecule has 0 aromatic heterocycles. The largest absolute Gasteiger partial charge is 0.493 e. The second-order valence-corrected chi connectivity index (χ2v) is 5.55. The van der Waals surface area contributed by atoms with Crippen LogP contribution in [0.2, 0.25) is 0 Å². The smallest absolute Gasteiger partial charge is 0.161 e. The minimum atomic E-state index is 0.184. The molecule has 1 N–H and O–H groups in total. The molecule has 0 bridgehead atoms. The SMILES string of the molecule is COc1ccccc1OCC(CO)C1CCN(C)CC1. The number of piperidine rings is 1. The zero-order chi connectivity index (χ0) is 14.4. The van der Waals surface area contributed by atoms with Gasteiger partial charge in [-0.25, -0.2) is 0 Å². The maximum absolute atomic E-state index is 9.62. The van der Waals surface area contributed by atoms with E-state index in [1.807, 2.05) is 24.3 Å². The fraction of sp³-hybridized carbons (Fsp3) is 0.625. The Morgan fingerprint density at radius 2 is 1.90 bits per heavy atom. The second kappa shape index (κ2) is 7.50. The molecule has 0 saturated carbocycles. The van der Waals surface area contributed by atoms with Crippen LogP contribution >= 0.6 is 0 Å². The second-order valence-electron chi connectivity index (χ2n) is 5.55. The minimum Gasteiger partial charge on any atom is -0.493 e. The number of para-hydroxylation sites is 2. The first-order valence-electron chi connectivity index (χ1n) is 7.29. The van der Waals surface area contributed by atoms with E-state index >= 15 is 0 Å². The molecule has 1 fully saturated rings. The Hall–Kier alpha value is -1.26. The number of aliphatic hydroxyl groups is 1. The number of aliphatic hydroxyl groups excluding tert-OH is 1. The van der Waals surface area contributed by atoms with Gasteiger partial charge in [0, 0.05) is 12.5 Å². The normalized spacial score (nSPS) is 18.8. The van der Waals surface area contributed by atoms with Crippen LogP contribution in [0.25, 0.3) is 0 Å². The van der Waals surface area contributed by atoms with Crippen LogP contribution in [0.3, 0.4) is 0 Å². The Bertz CT molecular complexity index is 402. The molecule has 0 spiro atoms. The van der Waals surface area contributed by atoms with Gasteiger partial charge in [0.25, 0.3) is 0 Å². The molecule has 0 aliphatic carbocycles. The Kier molecular flexibility index (Phi) is 5.68. The van der Waals surface area contributed by atoms with Gasteiger partial charge in [0.2, 0.25) is 0 Å². The van der Waals surface area contributed by atoms with Crippen molar-refractivity contribution in [2.24, 2.45) is 11.8 Å². The number of likely N-dealkylation sites (tertiary alicyclic amines) is 1. The summed E-state index contributed by atoms with van der Waals surface area (Å²) in [5.41, 5.74) is 0. The summed E-state index contributed by atoms with van der Waals surface area (Å²) in [6.45, 7) is 2.94. The summed E-state index contributed by atoms with van der Waals surface area (Å²) in [5.74, 6) is 2.24. The third-order valence-corrected chi connectivity index (χ3v) is 4.19. The molecule has 1 aromatic rings. The highest BCUT2D eigenvalue weighted by Gasteiger charge is 2.25. The molecule has 1 atom stereocenters. The Morgan fingerprint density at radius 3 is 2.50 bits per heavy atom. The lowest BCUT2D eigenvalue weighted by molar-refractivity contribution is 0.0799. The molecule has 0 radical (unpaired) electrons. The number of rotatable bonds is 6. The Balaban J connectivity index is 1.90. The average molecular weight is 279 g/mol. The maximum Gasteiger partial charge on any atom is 0.161 e. The minimum absolute atomic E-state index is 0.184. The van der Waals surface area contributed by atoms with Crippen LogP contribution in [0, 0.1) is 11.8 Å². The number of nitrogens with zero attached hydrogens (tertiary/aromatic N) is 1. The van der Waals surface area contributed by atoms with Crippen LogP contribution in [0.4, 0.5) is 0 Å². The first-order chi connectivity index (χ1) is 9.74. The number of hydrogen-bond acceptors (Lipinski definition) is 4. The predicted octanol–water partition coefficient (Wildman–Crippen LogP) is 2.02. The number of methoxy groups -OCH3 is 1. The lowest BCUT2D eigenvalue weighted by atomic mass is 9.85. The lowest BCUT2D eigenvalue weighted by Crippen LogP contribution is -2.36.